The zero-order valence-electron chi connectivity index (χ0n) is 23.6. The Kier molecular flexibility index (Phi) is 9.83. The van der Waals surface area contributed by atoms with Crippen molar-refractivity contribution in [2.45, 2.75) is 82.6 Å². The number of carbonyl (C=O) groups excluding carboxylic acids is 2. The number of amides is 1. The predicted molar refractivity (Wildman–Crippen MR) is 161 cm³/mol. The van der Waals surface area contributed by atoms with Gasteiger partial charge in [0.2, 0.25) is 5.91 Å². The Morgan fingerprint density at radius 2 is 1.38 bits per heavy atom. The van der Waals surface area contributed by atoms with Crippen molar-refractivity contribution in [2.24, 2.45) is 11.8 Å². The molecule has 1 amide bonds. The molecular formula is C36H43NO3. The maximum absolute atomic E-state index is 13.6. The van der Waals surface area contributed by atoms with Gasteiger partial charge in [0.05, 0.1) is 13.2 Å². The molecule has 3 aromatic rings. The second-order valence-electron chi connectivity index (χ2n) is 11.8. The second kappa shape index (κ2) is 13.9. The average molecular weight is 538 g/mol. The number of anilines is 1. The smallest absolute Gasteiger partial charge is 0.230 e. The maximum Gasteiger partial charge on any atom is 0.230 e. The van der Waals surface area contributed by atoms with Crippen LogP contribution >= 0.6 is 0 Å². The first-order chi connectivity index (χ1) is 19.6. The van der Waals surface area contributed by atoms with Crippen molar-refractivity contribution in [3.05, 3.63) is 102 Å². The molecule has 1 N–H and O–H groups in total. The number of benzene rings is 3. The van der Waals surface area contributed by atoms with E-state index < -0.39 is 0 Å². The van der Waals surface area contributed by atoms with Crippen LogP contribution in [0.25, 0.3) is 0 Å². The van der Waals surface area contributed by atoms with E-state index in [1.54, 1.807) is 0 Å². The Balaban J connectivity index is 1.30. The summed E-state index contributed by atoms with van der Waals surface area (Å²) in [6.45, 7) is 0.543. The number of rotatable bonds is 10. The van der Waals surface area contributed by atoms with Crippen LogP contribution in [-0.2, 0) is 16.1 Å². The van der Waals surface area contributed by atoms with Gasteiger partial charge in [-0.1, -0.05) is 105 Å². The number of Topliss-reactive ketones (excluding diaryl/α,β-unsaturated/α-hetero) is 1. The lowest BCUT2D eigenvalue weighted by atomic mass is 9.72. The van der Waals surface area contributed by atoms with Crippen molar-refractivity contribution in [2.75, 3.05) is 11.5 Å². The fourth-order valence-corrected chi connectivity index (χ4v) is 6.85. The van der Waals surface area contributed by atoms with E-state index in [1.165, 1.54) is 12.0 Å². The van der Waals surface area contributed by atoms with Crippen LogP contribution in [-0.4, -0.2) is 23.4 Å². The largest absolute Gasteiger partial charge is 0.396 e. The molecule has 4 nitrogen and oxygen atoms in total. The van der Waals surface area contributed by atoms with Gasteiger partial charge in [-0.25, -0.2) is 0 Å². The second-order valence-corrected chi connectivity index (χ2v) is 11.8. The molecule has 2 aliphatic rings. The van der Waals surface area contributed by atoms with E-state index in [0.29, 0.717) is 13.0 Å². The molecule has 0 aliphatic heterocycles. The summed E-state index contributed by atoms with van der Waals surface area (Å²) in [6, 6.07) is 28.6. The quantitative estimate of drug-likeness (QED) is 0.287. The van der Waals surface area contributed by atoms with Gasteiger partial charge in [-0.2, -0.15) is 0 Å². The standard InChI is InChI=1S/C36H43NO3/c38-26-31(28-12-4-1-5-13-28)24-35(39)34-19-11-10-18-33(34)29-22-20-27(21-23-29)25-37(32-16-8-3-9-17-32)36(40)30-14-6-2-7-15-30/h1,3-5,8-9,12-13,16-17,20-23,30-31,33-34,38H,2,6-7,10-11,14-15,18-19,24-26H2/t31-,33-,34?/m0/s1. The van der Waals surface area contributed by atoms with Gasteiger partial charge in [0.15, 0.2) is 0 Å². The lowest BCUT2D eigenvalue weighted by Crippen LogP contribution is -2.36. The number of ketones is 1. The number of carbonyl (C=O) groups is 2. The van der Waals surface area contributed by atoms with Gasteiger partial charge in [-0.05, 0) is 60.4 Å². The van der Waals surface area contributed by atoms with Crippen LogP contribution in [0.2, 0.25) is 0 Å². The zero-order chi connectivity index (χ0) is 27.7. The number of aliphatic hydroxyl groups excluding tert-OH is 1. The average Bonchev–Trinajstić information content (AvgIpc) is 3.03. The Bertz CT molecular complexity index is 1220. The first-order valence-electron chi connectivity index (χ1n) is 15.3. The molecule has 0 radical (unpaired) electrons. The molecule has 0 saturated heterocycles. The molecule has 4 heteroatoms. The predicted octanol–water partition coefficient (Wildman–Crippen LogP) is 7.81. The van der Waals surface area contributed by atoms with Gasteiger partial charge in [0.1, 0.15) is 5.78 Å². The third kappa shape index (κ3) is 6.90. The van der Waals surface area contributed by atoms with Crippen molar-refractivity contribution in [1.82, 2.24) is 0 Å². The molecule has 0 heterocycles. The number of hydrogen-bond acceptors (Lipinski definition) is 3. The number of nitrogens with zero attached hydrogens (tertiary/aromatic N) is 1. The lowest BCUT2D eigenvalue weighted by molar-refractivity contribution is -0.125. The highest BCUT2D eigenvalue weighted by atomic mass is 16.3. The normalized spacial score (nSPS) is 20.5. The summed E-state index contributed by atoms with van der Waals surface area (Å²) >= 11 is 0. The highest BCUT2D eigenvalue weighted by Crippen LogP contribution is 2.40. The summed E-state index contributed by atoms with van der Waals surface area (Å²) in [5.74, 6) is 0.672. The first-order valence-corrected chi connectivity index (χ1v) is 15.3. The molecule has 2 saturated carbocycles. The van der Waals surface area contributed by atoms with Gasteiger partial charge in [0.25, 0.3) is 0 Å². The molecule has 210 valence electrons. The van der Waals surface area contributed by atoms with Crippen LogP contribution in [0.15, 0.2) is 84.9 Å². The molecule has 0 spiro atoms. The van der Waals surface area contributed by atoms with E-state index in [-0.39, 0.29) is 42.0 Å². The zero-order valence-corrected chi connectivity index (χ0v) is 23.6. The Morgan fingerprint density at radius 3 is 2.05 bits per heavy atom. The van der Waals surface area contributed by atoms with Crippen molar-refractivity contribution in [3.63, 3.8) is 0 Å². The van der Waals surface area contributed by atoms with Crippen molar-refractivity contribution in [3.8, 4) is 0 Å². The minimum absolute atomic E-state index is 0.00828. The molecule has 3 aromatic carbocycles. The molecule has 0 aromatic heterocycles. The maximum atomic E-state index is 13.6. The fraction of sp³-hybridized carbons (Fsp3) is 0.444. The molecule has 3 atom stereocenters. The number of hydrogen-bond donors (Lipinski definition) is 1. The molecule has 40 heavy (non-hydrogen) atoms. The van der Waals surface area contributed by atoms with E-state index in [4.69, 9.17) is 0 Å². The fourth-order valence-electron chi connectivity index (χ4n) is 6.85. The van der Waals surface area contributed by atoms with Gasteiger partial charge < -0.3 is 10.0 Å². The van der Waals surface area contributed by atoms with Crippen LogP contribution in [0.5, 0.6) is 0 Å². The van der Waals surface area contributed by atoms with E-state index in [2.05, 4.69) is 24.3 Å². The minimum atomic E-state index is -0.149. The highest BCUT2D eigenvalue weighted by Gasteiger charge is 2.33. The summed E-state index contributed by atoms with van der Waals surface area (Å²) in [5.41, 5.74) is 4.31. The molecular weight excluding hydrogens is 494 g/mol. The SMILES string of the molecule is O=C(C[C@@H](CO)c1ccccc1)C1CCCC[C@H]1c1ccc(CN(C(=O)C2CCCCC2)c2ccccc2)cc1. The van der Waals surface area contributed by atoms with Crippen molar-refractivity contribution in [1.29, 1.82) is 0 Å². The molecule has 0 bridgehead atoms. The van der Waals surface area contributed by atoms with Gasteiger partial charge in [0, 0.05) is 29.9 Å². The third-order valence-corrected chi connectivity index (χ3v) is 9.16. The Morgan fingerprint density at radius 1 is 0.750 bits per heavy atom. The minimum Gasteiger partial charge on any atom is -0.396 e. The van der Waals surface area contributed by atoms with E-state index in [0.717, 1.165) is 68.2 Å². The monoisotopic (exact) mass is 537 g/mol. The molecule has 5 rings (SSSR count). The van der Waals surface area contributed by atoms with Gasteiger partial charge in [-0.15, -0.1) is 0 Å². The summed E-state index contributed by atoms with van der Waals surface area (Å²) < 4.78 is 0. The van der Waals surface area contributed by atoms with E-state index in [9.17, 15) is 14.7 Å². The summed E-state index contributed by atoms with van der Waals surface area (Å²) in [6.07, 6.45) is 10.0. The van der Waals surface area contributed by atoms with Gasteiger partial charge in [-0.3, -0.25) is 9.59 Å². The van der Waals surface area contributed by atoms with Crippen LogP contribution in [0, 0.1) is 11.8 Å². The molecule has 2 aliphatic carbocycles. The Hall–Kier alpha value is -3.24. The van der Waals surface area contributed by atoms with Gasteiger partial charge >= 0.3 is 0 Å². The summed E-state index contributed by atoms with van der Waals surface area (Å²) in [4.78, 5) is 29.2. The van der Waals surface area contributed by atoms with Crippen LogP contribution in [0.3, 0.4) is 0 Å². The summed E-state index contributed by atoms with van der Waals surface area (Å²) in [5, 5.41) is 10.0. The summed E-state index contributed by atoms with van der Waals surface area (Å²) in [7, 11) is 0. The topological polar surface area (TPSA) is 57.6 Å². The van der Waals surface area contributed by atoms with Crippen molar-refractivity contribution >= 4 is 17.4 Å². The number of para-hydroxylation sites is 1. The van der Waals surface area contributed by atoms with Crippen LogP contribution < -0.4 is 4.90 Å². The first kappa shape index (κ1) is 28.3. The van der Waals surface area contributed by atoms with E-state index in [1.807, 2.05) is 65.6 Å². The molecule has 2 fully saturated rings. The lowest BCUT2D eigenvalue weighted by Gasteiger charge is -2.32. The number of aliphatic hydroxyl groups is 1. The van der Waals surface area contributed by atoms with Crippen LogP contribution in [0.1, 0.15) is 92.7 Å². The van der Waals surface area contributed by atoms with Crippen LogP contribution in [0.4, 0.5) is 5.69 Å². The van der Waals surface area contributed by atoms with Crippen molar-refractivity contribution < 1.29 is 14.7 Å². The highest BCUT2D eigenvalue weighted by molar-refractivity contribution is 5.95. The third-order valence-electron chi connectivity index (χ3n) is 9.16. The molecule has 1 unspecified atom stereocenters. The Labute approximate surface area is 239 Å². The van der Waals surface area contributed by atoms with E-state index >= 15 is 0 Å².